The van der Waals surface area contributed by atoms with Gasteiger partial charge in [0.15, 0.2) is 0 Å². The number of nitrogens with two attached hydrogens (primary N) is 1. The fourth-order valence-corrected chi connectivity index (χ4v) is 4.00. The van der Waals surface area contributed by atoms with Gasteiger partial charge in [0.2, 0.25) is 5.91 Å². The van der Waals surface area contributed by atoms with E-state index in [4.69, 9.17) is 5.73 Å². The molecule has 1 rings (SSSR count). The van der Waals surface area contributed by atoms with Crippen molar-refractivity contribution in [2.75, 3.05) is 0 Å². The van der Waals surface area contributed by atoms with Crippen molar-refractivity contribution < 1.29 is 13.2 Å². The van der Waals surface area contributed by atoms with E-state index in [1.807, 2.05) is 16.9 Å². The number of sulfonamides is 1. The van der Waals surface area contributed by atoms with E-state index >= 15 is 0 Å². The molecule has 0 fully saturated rings. The summed E-state index contributed by atoms with van der Waals surface area (Å²) < 4.78 is 26.2. The molecule has 0 unspecified atom stereocenters. The SMILES string of the molecule is CCCCCCCCCCCCc1ccc(S(=O)(=O)NC(=O)[C@H](C)N)cc1. The van der Waals surface area contributed by atoms with Gasteiger partial charge < -0.3 is 5.73 Å². The van der Waals surface area contributed by atoms with Crippen LogP contribution in [0.15, 0.2) is 29.2 Å². The number of benzene rings is 1. The number of aryl methyl sites for hydroxylation is 1. The van der Waals surface area contributed by atoms with Gasteiger partial charge in [-0.05, 0) is 37.5 Å². The first-order valence-corrected chi connectivity index (χ1v) is 11.8. The number of unbranched alkanes of at least 4 members (excludes halogenated alkanes) is 9. The molecule has 0 aliphatic heterocycles. The van der Waals surface area contributed by atoms with Gasteiger partial charge in [0.1, 0.15) is 0 Å². The van der Waals surface area contributed by atoms with Gasteiger partial charge >= 0.3 is 0 Å². The molecule has 154 valence electrons. The summed E-state index contributed by atoms with van der Waals surface area (Å²) in [5, 5.41) is 0. The van der Waals surface area contributed by atoms with Gasteiger partial charge in [-0.2, -0.15) is 0 Å². The minimum Gasteiger partial charge on any atom is -0.320 e. The van der Waals surface area contributed by atoms with Crippen LogP contribution in [-0.4, -0.2) is 20.4 Å². The lowest BCUT2D eigenvalue weighted by molar-refractivity contribution is -0.120. The summed E-state index contributed by atoms with van der Waals surface area (Å²) in [4.78, 5) is 11.6. The number of nitrogens with one attached hydrogen (secondary N) is 1. The maximum atomic E-state index is 12.1. The maximum Gasteiger partial charge on any atom is 0.264 e. The molecular weight excluding hydrogens is 360 g/mol. The molecule has 0 aromatic heterocycles. The summed E-state index contributed by atoms with van der Waals surface area (Å²) >= 11 is 0. The fraction of sp³-hybridized carbons (Fsp3) is 0.667. The second-order valence-electron chi connectivity index (χ2n) is 7.33. The number of hydrogen-bond acceptors (Lipinski definition) is 4. The summed E-state index contributed by atoms with van der Waals surface area (Å²) in [6.07, 6.45) is 13.9. The minimum absolute atomic E-state index is 0.0864. The number of hydrogen-bond donors (Lipinski definition) is 2. The van der Waals surface area contributed by atoms with E-state index in [2.05, 4.69) is 6.92 Å². The van der Waals surface area contributed by atoms with Crippen LogP contribution < -0.4 is 10.5 Å². The average molecular weight is 397 g/mol. The molecule has 0 aliphatic carbocycles. The van der Waals surface area contributed by atoms with Crippen LogP contribution in [0.25, 0.3) is 0 Å². The molecule has 0 saturated heterocycles. The summed E-state index contributed by atoms with van der Waals surface area (Å²) in [7, 11) is -3.84. The zero-order chi connectivity index (χ0) is 20.1. The van der Waals surface area contributed by atoms with Crippen LogP contribution in [0.1, 0.15) is 83.6 Å². The molecule has 5 nitrogen and oxygen atoms in total. The van der Waals surface area contributed by atoms with Gasteiger partial charge in [0.25, 0.3) is 10.0 Å². The van der Waals surface area contributed by atoms with Crippen LogP contribution in [0, 0.1) is 0 Å². The highest BCUT2D eigenvalue weighted by molar-refractivity contribution is 7.90. The molecule has 1 aromatic carbocycles. The zero-order valence-electron chi connectivity index (χ0n) is 16.9. The summed E-state index contributed by atoms with van der Waals surface area (Å²) in [5.41, 5.74) is 6.51. The predicted octanol–water partition coefficient (Wildman–Crippen LogP) is 4.30. The smallest absolute Gasteiger partial charge is 0.264 e. The third-order valence-corrected chi connectivity index (χ3v) is 6.06. The van der Waals surface area contributed by atoms with E-state index in [1.54, 1.807) is 12.1 Å². The lowest BCUT2D eigenvalue weighted by Crippen LogP contribution is -2.41. The standard InChI is InChI=1S/C21H36N2O3S/c1-3-4-5-6-7-8-9-10-11-12-13-19-14-16-20(17-15-19)27(25,26)23-21(24)18(2)22/h14-18H,3-13,22H2,1-2H3,(H,23,24)/t18-/m0/s1. The maximum absolute atomic E-state index is 12.1. The number of carbonyl (C=O) groups is 1. The molecule has 1 atom stereocenters. The molecule has 6 heteroatoms. The van der Waals surface area contributed by atoms with Crippen molar-refractivity contribution in [3.8, 4) is 0 Å². The Labute approximate surface area is 165 Å². The van der Waals surface area contributed by atoms with Crippen LogP contribution in [0.2, 0.25) is 0 Å². The monoisotopic (exact) mass is 396 g/mol. The highest BCUT2D eigenvalue weighted by Crippen LogP contribution is 2.15. The minimum atomic E-state index is -3.84. The largest absolute Gasteiger partial charge is 0.320 e. The van der Waals surface area contributed by atoms with Gasteiger partial charge in [-0.15, -0.1) is 0 Å². The van der Waals surface area contributed by atoms with Crippen LogP contribution in [-0.2, 0) is 21.2 Å². The predicted molar refractivity (Wildman–Crippen MR) is 111 cm³/mol. The number of amides is 1. The molecular formula is C21H36N2O3S. The van der Waals surface area contributed by atoms with Crippen molar-refractivity contribution in [2.45, 2.75) is 95.4 Å². The molecule has 0 radical (unpaired) electrons. The van der Waals surface area contributed by atoms with Crippen LogP contribution in [0.3, 0.4) is 0 Å². The molecule has 0 heterocycles. The van der Waals surface area contributed by atoms with Crippen molar-refractivity contribution in [1.29, 1.82) is 0 Å². The Bertz CT molecular complexity index is 640. The first kappa shape index (κ1) is 23.6. The van der Waals surface area contributed by atoms with Gasteiger partial charge in [-0.1, -0.05) is 76.8 Å². The Morgan fingerprint density at radius 1 is 0.926 bits per heavy atom. The van der Waals surface area contributed by atoms with Crippen LogP contribution in [0.4, 0.5) is 0 Å². The third kappa shape index (κ3) is 9.91. The molecule has 1 amide bonds. The van der Waals surface area contributed by atoms with Gasteiger partial charge in [-0.25, -0.2) is 13.1 Å². The lowest BCUT2D eigenvalue weighted by Gasteiger charge is -2.09. The van der Waals surface area contributed by atoms with Crippen molar-refractivity contribution in [1.82, 2.24) is 4.72 Å². The first-order valence-electron chi connectivity index (χ1n) is 10.3. The molecule has 3 N–H and O–H groups in total. The Morgan fingerprint density at radius 2 is 1.41 bits per heavy atom. The molecule has 0 spiro atoms. The van der Waals surface area contributed by atoms with Crippen molar-refractivity contribution in [3.63, 3.8) is 0 Å². The Balaban J connectivity index is 2.26. The van der Waals surface area contributed by atoms with Gasteiger partial charge in [0, 0.05) is 0 Å². The molecule has 0 aliphatic rings. The Hall–Kier alpha value is -1.40. The van der Waals surface area contributed by atoms with E-state index in [0.29, 0.717) is 0 Å². The van der Waals surface area contributed by atoms with Gasteiger partial charge in [-0.3, -0.25) is 4.79 Å². The highest BCUT2D eigenvalue weighted by atomic mass is 32.2. The van der Waals surface area contributed by atoms with Crippen LogP contribution in [0.5, 0.6) is 0 Å². The summed E-state index contributed by atoms with van der Waals surface area (Å²) in [5.74, 6) is -0.704. The number of rotatable bonds is 14. The molecule has 27 heavy (non-hydrogen) atoms. The third-order valence-electron chi connectivity index (χ3n) is 4.70. The van der Waals surface area contributed by atoms with E-state index in [1.165, 1.54) is 64.7 Å². The Kier molecular flexibility index (Phi) is 11.3. The van der Waals surface area contributed by atoms with E-state index < -0.39 is 22.0 Å². The first-order chi connectivity index (χ1) is 12.9. The van der Waals surface area contributed by atoms with E-state index in [-0.39, 0.29) is 4.90 Å². The fourth-order valence-electron chi connectivity index (χ4n) is 2.94. The lowest BCUT2D eigenvalue weighted by atomic mass is 10.0. The van der Waals surface area contributed by atoms with Crippen molar-refractivity contribution in [3.05, 3.63) is 29.8 Å². The second kappa shape index (κ2) is 12.9. The van der Waals surface area contributed by atoms with Crippen LogP contribution >= 0.6 is 0 Å². The number of carbonyl (C=O) groups excluding carboxylic acids is 1. The van der Waals surface area contributed by atoms with E-state index in [0.717, 1.165) is 18.4 Å². The molecule has 0 saturated carbocycles. The normalized spacial score (nSPS) is 12.7. The highest BCUT2D eigenvalue weighted by Gasteiger charge is 2.19. The second-order valence-corrected chi connectivity index (χ2v) is 9.02. The quantitative estimate of drug-likeness (QED) is 0.459. The van der Waals surface area contributed by atoms with E-state index in [9.17, 15) is 13.2 Å². The Morgan fingerprint density at radius 3 is 1.89 bits per heavy atom. The topological polar surface area (TPSA) is 89.3 Å². The molecule has 0 bridgehead atoms. The summed E-state index contributed by atoms with van der Waals surface area (Å²) in [6, 6.07) is 5.86. The van der Waals surface area contributed by atoms with Crippen molar-refractivity contribution >= 4 is 15.9 Å². The summed E-state index contributed by atoms with van der Waals surface area (Å²) in [6.45, 7) is 3.69. The van der Waals surface area contributed by atoms with Gasteiger partial charge in [0.05, 0.1) is 10.9 Å². The average Bonchev–Trinajstić information content (AvgIpc) is 2.63. The zero-order valence-corrected chi connectivity index (χ0v) is 17.7. The van der Waals surface area contributed by atoms with Crippen molar-refractivity contribution in [2.24, 2.45) is 5.73 Å². The molecule has 1 aromatic rings.